The second-order valence-electron chi connectivity index (χ2n) is 6.31. The minimum Gasteiger partial charge on any atom is -0.497 e. The van der Waals surface area contributed by atoms with Crippen molar-refractivity contribution in [2.45, 2.75) is 18.9 Å². The number of aryl methyl sites for hydroxylation is 1. The van der Waals surface area contributed by atoms with Gasteiger partial charge in [-0.3, -0.25) is 0 Å². The van der Waals surface area contributed by atoms with Gasteiger partial charge >= 0.3 is 0 Å². The predicted molar refractivity (Wildman–Crippen MR) is 107 cm³/mol. The molecule has 0 fully saturated rings. The van der Waals surface area contributed by atoms with Gasteiger partial charge in [0.25, 0.3) is 0 Å². The third kappa shape index (κ3) is 5.46. The molecule has 0 saturated carbocycles. The lowest BCUT2D eigenvalue weighted by Crippen LogP contribution is -2.26. The van der Waals surface area contributed by atoms with E-state index in [4.69, 9.17) is 15.7 Å². The molecule has 0 saturated heterocycles. The van der Waals surface area contributed by atoms with E-state index in [9.17, 15) is 5.11 Å². The van der Waals surface area contributed by atoms with Crippen LogP contribution in [0, 0.1) is 11.3 Å². The van der Waals surface area contributed by atoms with E-state index in [1.54, 1.807) is 19.2 Å². The first-order chi connectivity index (χ1) is 12.4. The summed E-state index contributed by atoms with van der Waals surface area (Å²) in [6, 6.07) is 13.6. The van der Waals surface area contributed by atoms with Crippen LogP contribution in [0.5, 0.6) is 5.75 Å². The number of nitriles is 1. The fourth-order valence-electron chi connectivity index (χ4n) is 2.76. The third-order valence-electron chi connectivity index (χ3n) is 4.31. The number of nitrogens with zero attached hydrogens (tertiary/aromatic N) is 2. The normalized spacial score (nSPS) is 12.0. The van der Waals surface area contributed by atoms with E-state index in [0.29, 0.717) is 27.8 Å². The Labute approximate surface area is 163 Å². The molecule has 0 aromatic heterocycles. The number of hydrogen-bond donors (Lipinski definition) is 2. The van der Waals surface area contributed by atoms with Gasteiger partial charge in [0.1, 0.15) is 11.8 Å². The smallest absolute Gasteiger partial charge is 0.118 e. The summed E-state index contributed by atoms with van der Waals surface area (Å²) in [4.78, 5) is 2.09. The third-order valence-corrected chi connectivity index (χ3v) is 4.96. The molecule has 0 spiro atoms. The van der Waals surface area contributed by atoms with E-state index >= 15 is 0 Å². The summed E-state index contributed by atoms with van der Waals surface area (Å²) < 4.78 is 5.79. The van der Waals surface area contributed by atoms with Crippen LogP contribution < -0.4 is 10.5 Å². The highest BCUT2D eigenvalue weighted by atomic mass is 79.9. The van der Waals surface area contributed by atoms with Crippen LogP contribution in [0.3, 0.4) is 0 Å². The molecule has 0 heterocycles. The van der Waals surface area contributed by atoms with Crippen molar-refractivity contribution in [3.8, 4) is 11.8 Å². The second-order valence-corrected chi connectivity index (χ2v) is 7.16. The number of aliphatic hydroxyl groups is 1. The van der Waals surface area contributed by atoms with Crippen molar-refractivity contribution in [3.05, 3.63) is 57.6 Å². The van der Waals surface area contributed by atoms with Crippen molar-refractivity contribution in [1.82, 2.24) is 4.90 Å². The molecule has 1 unspecified atom stereocenters. The van der Waals surface area contributed by atoms with Crippen LogP contribution in [0.4, 0.5) is 5.69 Å². The topological polar surface area (TPSA) is 82.5 Å². The standard InChI is InChI=1S/C20H24BrN3O2/c1-24(9-3-4-14-5-7-17(26-2)8-6-14)13-19(25)15-10-16(12-22)20(23)18(21)11-15/h5-8,10-11,19,25H,3-4,9,13,23H2,1-2H3. The van der Waals surface area contributed by atoms with Crippen LogP contribution in [-0.4, -0.2) is 37.3 Å². The highest BCUT2D eigenvalue weighted by Gasteiger charge is 2.14. The summed E-state index contributed by atoms with van der Waals surface area (Å²) in [5.74, 6) is 0.861. The number of likely N-dealkylation sites (N-methyl/N-ethyl adjacent to an activating group) is 1. The van der Waals surface area contributed by atoms with Gasteiger partial charge in [0.15, 0.2) is 0 Å². The fraction of sp³-hybridized carbons (Fsp3) is 0.350. The van der Waals surface area contributed by atoms with Crippen LogP contribution in [0.2, 0.25) is 0 Å². The zero-order valence-corrected chi connectivity index (χ0v) is 16.7. The van der Waals surface area contributed by atoms with Crippen molar-refractivity contribution in [1.29, 1.82) is 5.26 Å². The maximum Gasteiger partial charge on any atom is 0.118 e. The van der Waals surface area contributed by atoms with Crippen LogP contribution in [0.25, 0.3) is 0 Å². The van der Waals surface area contributed by atoms with Gasteiger partial charge < -0.3 is 20.5 Å². The van der Waals surface area contributed by atoms with Crippen LogP contribution in [0.15, 0.2) is 40.9 Å². The number of rotatable bonds is 8. The number of benzene rings is 2. The van der Waals surface area contributed by atoms with E-state index in [0.717, 1.165) is 25.1 Å². The van der Waals surface area contributed by atoms with E-state index < -0.39 is 6.10 Å². The Morgan fingerprint density at radius 3 is 2.62 bits per heavy atom. The number of methoxy groups -OCH3 is 1. The molecular formula is C20H24BrN3O2. The molecule has 138 valence electrons. The summed E-state index contributed by atoms with van der Waals surface area (Å²) in [5.41, 5.74) is 8.55. The van der Waals surface area contributed by atoms with Gasteiger partial charge in [0.2, 0.25) is 0 Å². The quantitative estimate of drug-likeness (QED) is 0.642. The van der Waals surface area contributed by atoms with Gasteiger partial charge in [-0.05, 0) is 77.8 Å². The highest BCUT2D eigenvalue weighted by molar-refractivity contribution is 9.10. The molecule has 0 aliphatic heterocycles. The van der Waals surface area contributed by atoms with E-state index in [1.165, 1.54) is 5.56 Å². The average molecular weight is 418 g/mol. The van der Waals surface area contributed by atoms with Gasteiger partial charge in [0.05, 0.1) is 24.5 Å². The molecule has 6 heteroatoms. The molecule has 1 atom stereocenters. The Morgan fingerprint density at radius 1 is 1.31 bits per heavy atom. The number of nitrogens with two attached hydrogens (primary N) is 1. The molecule has 2 aromatic rings. The van der Waals surface area contributed by atoms with E-state index in [1.807, 2.05) is 19.2 Å². The first-order valence-corrected chi connectivity index (χ1v) is 9.22. The number of hydrogen-bond acceptors (Lipinski definition) is 5. The molecule has 0 bridgehead atoms. The summed E-state index contributed by atoms with van der Waals surface area (Å²) in [5, 5.41) is 19.6. The Bertz CT molecular complexity index is 772. The number of ether oxygens (including phenoxy) is 1. The molecule has 26 heavy (non-hydrogen) atoms. The lowest BCUT2D eigenvalue weighted by Gasteiger charge is -2.21. The molecule has 0 amide bonds. The summed E-state index contributed by atoms with van der Waals surface area (Å²) >= 11 is 3.34. The van der Waals surface area contributed by atoms with Crippen molar-refractivity contribution in [3.63, 3.8) is 0 Å². The van der Waals surface area contributed by atoms with Gasteiger partial charge in [-0.25, -0.2) is 0 Å². The first kappa shape index (κ1) is 20.2. The second kappa shape index (κ2) is 9.58. The SMILES string of the molecule is COc1ccc(CCCN(C)CC(O)c2cc(Br)c(N)c(C#N)c2)cc1. The minimum atomic E-state index is -0.676. The molecule has 0 radical (unpaired) electrons. The summed E-state index contributed by atoms with van der Waals surface area (Å²) in [6.45, 7) is 1.36. The van der Waals surface area contributed by atoms with Crippen LogP contribution in [0.1, 0.15) is 29.2 Å². The summed E-state index contributed by atoms with van der Waals surface area (Å²) in [6.07, 6.45) is 1.28. The monoisotopic (exact) mass is 417 g/mol. The molecule has 0 aliphatic rings. The number of nitrogen functional groups attached to an aromatic ring is 1. The lowest BCUT2D eigenvalue weighted by atomic mass is 10.0. The van der Waals surface area contributed by atoms with Gasteiger partial charge in [-0.1, -0.05) is 12.1 Å². The lowest BCUT2D eigenvalue weighted by molar-refractivity contribution is 0.126. The van der Waals surface area contributed by atoms with Crippen molar-refractivity contribution in [2.75, 3.05) is 33.0 Å². The fourth-order valence-corrected chi connectivity index (χ4v) is 3.24. The number of halogens is 1. The first-order valence-electron chi connectivity index (χ1n) is 8.43. The molecule has 2 rings (SSSR count). The van der Waals surface area contributed by atoms with Gasteiger partial charge in [-0.2, -0.15) is 5.26 Å². The Morgan fingerprint density at radius 2 is 2.00 bits per heavy atom. The van der Waals surface area contributed by atoms with Crippen molar-refractivity contribution < 1.29 is 9.84 Å². The highest BCUT2D eigenvalue weighted by Crippen LogP contribution is 2.28. The zero-order valence-electron chi connectivity index (χ0n) is 15.1. The molecule has 0 aliphatic carbocycles. The van der Waals surface area contributed by atoms with E-state index in [2.05, 4.69) is 39.0 Å². The van der Waals surface area contributed by atoms with Crippen LogP contribution in [-0.2, 0) is 6.42 Å². The molecule has 2 aromatic carbocycles. The molecule has 5 nitrogen and oxygen atoms in total. The Kier molecular flexibility index (Phi) is 7.46. The predicted octanol–water partition coefficient (Wildman–Crippen LogP) is 3.51. The maximum absolute atomic E-state index is 10.5. The Balaban J connectivity index is 1.86. The van der Waals surface area contributed by atoms with Gasteiger partial charge in [-0.15, -0.1) is 0 Å². The van der Waals surface area contributed by atoms with Crippen LogP contribution >= 0.6 is 15.9 Å². The largest absolute Gasteiger partial charge is 0.497 e. The number of aliphatic hydroxyl groups excluding tert-OH is 1. The minimum absolute atomic E-state index is 0.371. The Hall–Kier alpha value is -2.07. The zero-order chi connectivity index (χ0) is 19.1. The molecular weight excluding hydrogens is 394 g/mol. The van der Waals surface area contributed by atoms with Gasteiger partial charge in [0, 0.05) is 11.0 Å². The van der Waals surface area contributed by atoms with Crippen molar-refractivity contribution in [2.24, 2.45) is 0 Å². The number of anilines is 1. The van der Waals surface area contributed by atoms with Crippen molar-refractivity contribution >= 4 is 21.6 Å². The molecule has 3 N–H and O–H groups in total. The summed E-state index contributed by atoms with van der Waals surface area (Å²) in [7, 11) is 3.64. The van der Waals surface area contributed by atoms with E-state index in [-0.39, 0.29) is 0 Å². The maximum atomic E-state index is 10.5. The average Bonchev–Trinajstić information content (AvgIpc) is 2.64.